The van der Waals surface area contributed by atoms with E-state index in [1.54, 1.807) is 0 Å². The molecule has 0 aliphatic rings. The molecule has 0 heterocycles. The van der Waals surface area contributed by atoms with Crippen molar-refractivity contribution in [2.45, 2.75) is 142 Å². The highest BCUT2D eigenvalue weighted by molar-refractivity contribution is 7.47. The van der Waals surface area contributed by atoms with Crippen molar-refractivity contribution in [3.05, 3.63) is 122 Å². The molecule has 0 saturated carbocycles. The minimum absolute atomic E-state index is 0.117. The first kappa shape index (κ1) is 55.9. The average Bonchev–Trinajstić information content (AvgIpc) is 3.22. The van der Waals surface area contributed by atoms with Gasteiger partial charge in [-0.2, -0.15) is 0 Å². The van der Waals surface area contributed by atoms with Gasteiger partial charge in [-0.25, -0.2) is 4.57 Å². The molecule has 0 aliphatic carbocycles. The van der Waals surface area contributed by atoms with Gasteiger partial charge in [0.15, 0.2) is 6.10 Å². The number of nitrogens with two attached hydrogens (primary N) is 1. The van der Waals surface area contributed by atoms with E-state index in [0.29, 0.717) is 19.3 Å². The van der Waals surface area contributed by atoms with Crippen molar-refractivity contribution in [2.75, 3.05) is 19.8 Å². The van der Waals surface area contributed by atoms with Crippen LogP contribution in [0, 0.1) is 0 Å². The van der Waals surface area contributed by atoms with Crippen LogP contribution < -0.4 is 5.73 Å². The summed E-state index contributed by atoms with van der Waals surface area (Å²) in [6.45, 7) is 2.44. The van der Waals surface area contributed by atoms with Gasteiger partial charge in [0, 0.05) is 12.8 Å². The van der Waals surface area contributed by atoms with Crippen LogP contribution in [0.3, 0.4) is 0 Å². The third-order valence-electron chi connectivity index (χ3n) is 8.27. The number of hydrogen-bond donors (Lipinski definition) is 3. The molecule has 0 bridgehead atoms. The lowest BCUT2D eigenvalue weighted by Gasteiger charge is -2.20. The minimum Gasteiger partial charge on any atom is -0.480 e. The molecule has 3 atom stereocenters. The number of carboxylic acid groups (broad SMARTS) is 1. The van der Waals surface area contributed by atoms with Crippen LogP contribution in [0.25, 0.3) is 0 Å². The number of allylic oxidation sites excluding steroid dienone is 20. The second-order valence-corrected chi connectivity index (χ2v) is 15.2. The summed E-state index contributed by atoms with van der Waals surface area (Å²) in [6, 6.07) is -1.54. The summed E-state index contributed by atoms with van der Waals surface area (Å²) in [5.41, 5.74) is 5.32. The van der Waals surface area contributed by atoms with Crippen LogP contribution in [0.2, 0.25) is 0 Å². The summed E-state index contributed by atoms with van der Waals surface area (Å²) in [5, 5.41) is 8.88. The first-order valence-electron chi connectivity index (χ1n) is 21.6. The van der Waals surface area contributed by atoms with E-state index in [-0.39, 0.29) is 12.8 Å². The van der Waals surface area contributed by atoms with Crippen LogP contribution in [-0.4, -0.2) is 59.9 Å². The lowest BCUT2D eigenvalue weighted by Crippen LogP contribution is -2.34. The Morgan fingerprint density at radius 3 is 1.53 bits per heavy atom. The number of phosphoric ester groups is 1. The Morgan fingerprint density at radius 1 is 0.533 bits per heavy atom. The number of unbranched alkanes of at least 4 members (excludes halogenated alkanes) is 6. The van der Waals surface area contributed by atoms with Crippen LogP contribution in [0.15, 0.2) is 122 Å². The topological polar surface area (TPSA) is 172 Å². The van der Waals surface area contributed by atoms with Gasteiger partial charge in [0.05, 0.1) is 13.2 Å². The summed E-state index contributed by atoms with van der Waals surface area (Å²) in [7, 11) is -4.74. The molecule has 336 valence electrons. The summed E-state index contributed by atoms with van der Waals surface area (Å²) in [5.74, 6) is -2.50. The van der Waals surface area contributed by atoms with Gasteiger partial charge in [0.2, 0.25) is 0 Å². The van der Waals surface area contributed by atoms with Crippen LogP contribution >= 0.6 is 7.82 Å². The second-order valence-electron chi connectivity index (χ2n) is 13.8. The van der Waals surface area contributed by atoms with Crippen molar-refractivity contribution in [1.29, 1.82) is 0 Å². The van der Waals surface area contributed by atoms with Crippen LogP contribution in [-0.2, 0) is 37.5 Å². The molecule has 0 aromatic rings. The predicted molar refractivity (Wildman–Crippen MR) is 244 cm³/mol. The molecule has 0 amide bonds. The molecule has 2 unspecified atom stereocenters. The fourth-order valence-corrected chi connectivity index (χ4v) is 5.71. The van der Waals surface area contributed by atoms with Crippen molar-refractivity contribution in [3.8, 4) is 0 Å². The van der Waals surface area contributed by atoms with E-state index in [0.717, 1.165) is 83.5 Å². The van der Waals surface area contributed by atoms with Crippen molar-refractivity contribution in [2.24, 2.45) is 5.73 Å². The van der Waals surface area contributed by atoms with Gasteiger partial charge in [0.1, 0.15) is 12.6 Å². The van der Waals surface area contributed by atoms with Gasteiger partial charge in [-0.1, -0.05) is 155 Å². The van der Waals surface area contributed by atoms with E-state index in [2.05, 4.69) is 103 Å². The number of carboxylic acids is 1. The highest BCUT2D eigenvalue weighted by atomic mass is 31.2. The average molecular weight is 856 g/mol. The molecule has 60 heavy (non-hydrogen) atoms. The molecule has 0 spiro atoms. The maximum absolute atomic E-state index is 12.6. The highest BCUT2D eigenvalue weighted by Crippen LogP contribution is 2.43. The molecule has 4 N–H and O–H groups in total. The molecule has 12 heteroatoms. The predicted octanol–water partition coefficient (Wildman–Crippen LogP) is 11.6. The van der Waals surface area contributed by atoms with Crippen LogP contribution in [0.5, 0.6) is 0 Å². The maximum Gasteiger partial charge on any atom is 0.472 e. The fourth-order valence-electron chi connectivity index (χ4n) is 4.93. The number of aliphatic carboxylic acids is 1. The van der Waals surface area contributed by atoms with Crippen molar-refractivity contribution >= 4 is 25.7 Å². The maximum atomic E-state index is 12.6. The van der Waals surface area contributed by atoms with E-state index in [1.165, 1.54) is 0 Å². The molecular weight excluding hydrogens is 781 g/mol. The monoisotopic (exact) mass is 856 g/mol. The van der Waals surface area contributed by atoms with Gasteiger partial charge in [0.25, 0.3) is 0 Å². The van der Waals surface area contributed by atoms with Gasteiger partial charge in [-0.3, -0.25) is 23.4 Å². The Morgan fingerprint density at radius 2 is 0.983 bits per heavy atom. The first-order valence-corrected chi connectivity index (χ1v) is 23.1. The van der Waals surface area contributed by atoms with E-state index in [9.17, 15) is 23.8 Å². The Labute approximate surface area is 360 Å². The Balaban J connectivity index is 4.49. The summed E-state index contributed by atoms with van der Waals surface area (Å²) >= 11 is 0. The standard InChI is InChI=1S/C48H74NO10P/c1-3-5-7-9-11-13-15-17-18-19-20-21-22-23-24-25-26-28-29-31-33-35-37-39-46(50)56-41-44(42-57-60(54,55)58-43-45(49)48(52)53)59-47(51)40-38-36-34-32-30-27-16-14-12-10-8-6-4-2/h5-8,10-14,16-18,20-21,23-24,26,28,31,33,44-45H,3-4,9,15,19,22,25,27,29-30,32,34-43,49H2,1-2H3,(H,52,53)(H,54,55)/b7-5+,8-6+,12-10+,13-11+,16-14+,18-17+,21-20+,24-23+,28-26+,33-31+/t44?,45-/m0/s1. The number of phosphoric acid groups is 1. The Kier molecular flexibility index (Phi) is 38.8. The lowest BCUT2D eigenvalue weighted by atomic mass is 10.1. The van der Waals surface area contributed by atoms with Crippen molar-refractivity contribution < 1.29 is 47.5 Å². The number of hydrogen-bond acceptors (Lipinski definition) is 9. The van der Waals surface area contributed by atoms with Crippen molar-refractivity contribution in [1.82, 2.24) is 0 Å². The lowest BCUT2D eigenvalue weighted by molar-refractivity contribution is -0.161. The number of carbonyl (C=O) groups excluding carboxylic acids is 2. The first-order chi connectivity index (χ1) is 29.1. The van der Waals surface area contributed by atoms with Crippen LogP contribution in [0.4, 0.5) is 0 Å². The molecule has 0 radical (unpaired) electrons. The van der Waals surface area contributed by atoms with E-state index in [4.69, 9.17) is 24.8 Å². The second kappa shape index (κ2) is 41.6. The third-order valence-corrected chi connectivity index (χ3v) is 9.22. The normalized spacial score (nSPS) is 14.9. The molecule has 11 nitrogen and oxygen atoms in total. The van der Waals surface area contributed by atoms with Crippen molar-refractivity contribution in [3.63, 3.8) is 0 Å². The third kappa shape index (κ3) is 40.7. The number of rotatable bonds is 38. The SMILES string of the molecule is CC/C=C/C=C/C=C/CCCCCCCC(=O)OC(COC(=O)CCC/C=C/C/C=C/C/C=C/C/C=C/C/C=C/C/C=C/C/C=C/CC)COP(=O)(O)OC[C@H](N)C(=O)O. The molecule has 0 saturated heterocycles. The summed E-state index contributed by atoms with van der Waals surface area (Å²) < 4.78 is 32.6. The number of esters is 2. The zero-order valence-corrected chi connectivity index (χ0v) is 37.1. The molecule has 0 aromatic carbocycles. The number of carbonyl (C=O) groups is 3. The largest absolute Gasteiger partial charge is 0.480 e. The van der Waals surface area contributed by atoms with E-state index in [1.807, 2.05) is 36.5 Å². The molecule has 0 aliphatic heterocycles. The molecular formula is C48H74NO10P. The quantitative estimate of drug-likeness (QED) is 0.0177. The number of ether oxygens (including phenoxy) is 2. The minimum atomic E-state index is -4.74. The summed E-state index contributed by atoms with van der Waals surface area (Å²) in [6.07, 6.45) is 55.6. The highest BCUT2D eigenvalue weighted by Gasteiger charge is 2.28. The van der Waals surface area contributed by atoms with Gasteiger partial charge >= 0.3 is 25.7 Å². The zero-order chi connectivity index (χ0) is 44.2. The van der Waals surface area contributed by atoms with Gasteiger partial charge < -0.3 is 25.2 Å². The molecule has 0 aromatic heterocycles. The Bertz CT molecular complexity index is 1470. The van der Waals surface area contributed by atoms with Crippen LogP contribution in [0.1, 0.15) is 129 Å². The van der Waals surface area contributed by atoms with Gasteiger partial charge in [-0.15, -0.1) is 0 Å². The van der Waals surface area contributed by atoms with E-state index >= 15 is 0 Å². The molecule has 0 fully saturated rings. The van der Waals surface area contributed by atoms with E-state index < -0.39 is 57.7 Å². The zero-order valence-electron chi connectivity index (χ0n) is 36.2. The molecule has 0 rings (SSSR count). The van der Waals surface area contributed by atoms with Gasteiger partial charge in [-0.05, 0) is 83.5 Å². The Hall–Kier alpha value is -4.12. The fraction of sp³-hybridized carbons (Fsp3) is 0.521. The smallest absolute Gasteiger partial charge is 0.472 e. The summed E-state index contributed by atoms with van der Waals surface area (Å²) in [4.78, 5) is 45.9.